The second-order valence-electron chi connectivity index (χ2n) is 2.88. The summed E-state index contributed by atoms with van der Waals surface area (Å²) >= 11 is 0. The van der Waals surface area contributed by atoms with Crippen LogP contribution in [-0.4, -0.2) is 22.7 Å². The minimum atomic E-state index is -3.62. The van der Waals surface area contributed by atoms with Crippen molar-refractivity contribution in [3.05, 3.63) is 42.7 Å². The van der Waals surface area contributed by atoms with E-state index in [1.54, 1.807) is 0 Å². The van der Waals surface area contributed by atoms with E-state index in [0.29, 0.717) is 0 Å². The maximum Gasteiger partial charge on any atom is 0.282 e. The van der Waals surface area contributed by atoms with Crippen LogP contribution in [0.25, 0.3) is 0 Å². The Morgan fingerprint density at radius 2 is 1.87 bits per heavy atom. The lowest BCUT2D eigenvalue weighted by molar-refractivity contribution is 0.474. The molecule has 1 aromatic heterocycles. The summed E-state index contributed by atoms with van der Waals surface area (Å²) in [6.07, 6.45) is 2.74. The van der Waals surface area contributed by atoms with E-state index in [1.807, 2.05) is 0 Å². The first-order valence-corrected chi connectivity index (χ1v) is 5.59. The van der Waals surface area contributed by atoms with Gasteiger partial charge < -0.3 is 5.11 Å². The van der Waals surface area contributed by atoms with Gasteiger partial charge in [-0.05, 0) is 30.3 Å². The molecular weight excluding hydrogens is 216 g/mol. The lowest BCUT2D eigenvalue weighted by Crippen LogP contribution is -2.13. The van der Waals surface area contributed by atoms with Crippen LogP contribution in [0.4, 0.5) is 0 Å². The van der Waals surface area contributed by atoms with Crippen LogP contribution in [0.2, 0.25) is 0 Å². The fraction of sp³-hybridized carbons (Fsp3) is 0. The Hall–Kier alpha value is -1.82. The molecule has 0 unspecified atom stereocenters. The average Bonchev–Trinajstić information content (AvgIpc) is 2.71. The molecule has 2 rings (SSSR count). The summed E-state index contributed by atoms with van der Waals surface area (Å²) in [5, 5.41) is 12.7. The van der Waals surface area contributed by atoms with Crippen molar-refractivity contribution in [2.24, 2.45) is 0 Å². The van der Waals surface area contributed by atoms with E-state index in [9.17, 15) is 8.42 Å². The van der Waals surface area contributed by atoms with Gasteiger partial charge in [-0.1, -0.05) is 0 Å². The van der Waals surface area contributed by atoms with E-state index in [4.69, 9.17) is 5.11 Å². The van der Waals surface area contributed by atoms with Gasteiger partial charge in [0.15, 0.2) is 0 Å². The Bertz CT molecular complexity index is 544. The molecule has 78 valence electrons. The van der Waals surface area contributed by atoms with E-state index in [1.165, 1.54) is 42.7 Å². The van der Waals surface area contributed by atoms with Crippen molar-refractivity contribution in [3.8, 4) is 5.75 Å². The van der Waals surface area contributed by atoms with Crippen LogP contribution < -0.4 is 0 Å². The van der Waals surface area contributed by atoms with Gasteiger partial charge in [-0.3, -0.25) is 0 Å². The van der Waals surface area contributed by atoms with Crippen LogP contribution in [0.3, 0.4) is 0 Å². The third kappa shape index (κ3) is 1.71. The lowest BCUT2D eigenvalue weighted by atomic mass is 10.3. The van der Waals surface area contributed by atoms with E-state index in [2.05, 4.69) is 5.10 Å². The van der Waals surface area contributed by atoms with Crippen molar-refractivity contribution in [1.82, 2.24) is 9.19 Å². The molecule has 1 aromatic carbocycles. The highest BCUT2D eigenvalue weighted by molar-refractivity contribution is 7.89. The summed E-state index contributed by atoms with van der Waals surface area (Å²) in [6.45, 7) is 0. The third-order valence-corrected chi connectivity index (χ3v) is 3.44. The van der Waals surface area contributed by atoms with Gasteiger partial charge in [0.2, 0.25) is 0 Å². The summed E-state index contributed by atoms with van der Waals surface area (Å²) in [7, 11) is -3.62. The van der Waals surface area contributed by atoms with Gasteiger partial charge in [-0.15, -0.1) is 0 Å². The van der Waals surface area contributed by atoms with Crippen LogP contribution in [0.1, 0.15) is 0 Å². The molecule has 0 fully saturated rings. The van der Waals surface area contributed by atoms with Crippen molar-refractivity contribution in [3.63, 3.8) is 0 Å². The van der Waals surface area contributed by atoms with Crippen LogP contribution in [0, 0.1) is 0 Å². The second kappa shape index (κ2) is 3.39. The Kier molecular flexibility index (Phi) is 2.20. The van der Waals surface area contributed by atoms with Gasteiger partial charge in [0.25, 0.3) is 10.0 Å². The van der Waals surface area contributed by atoms with Crippen LogP contribution in [0.15, 0.2) is 47.6 Å². The molecular formula is C9H8N2O3S. The molecule has 0 spiro atoms. The zero-order valence-electron chi connectivity index (χ0n) is 7.61. The Balaban J connectivity index is 2.52. The minimum absolute atomic E-state index is 0.0226. The average molecular weight is 224 g/mol. The monoisotopic (exact) mass is 224 g/mol. The summed E-state index contributed by atoms with van der Waals surface area (Å²) in [5.41, 5.74) is 0. The molecule has 15 heavy (non-hydrogen) atoms. The van der Waals surface area contributed by atoms with Crippen molar-refractivity contribution in [1.29, 1.82) is 0 Å². The fourth-order valence-electron chi connectivity index (χ4n) is 1.12. The molecule has 0 saturated heterocycles. The van der Waals surface area contributed by atoms with E-state index in [-0.39, 0.29) is 10.6 Å². The van der Waals surface area contributed by atoms with E-state index in [0.717, 1.165) is 4.09 Å². The molecule has 0 amide bonds. The van der Waals surface area contributed by atoms with E-state index >= 15 is 0 Å². The highest BCUT2D eigenvalue weighted by Gasteiger charge is 2.16. The molecule has 2 aromatic rings. The summed E-state index contributed by atoms with van der Waals surface area (Å²) < 4.78 is 24.5. The van der Waals surface area contributed by atoms with Crippen molar-refractivity contribution in [2.75, 3.05) is 0 Å². The van der Waals surface area contributed by atoms with Gasteiger partial charge in [-0.2, -0.15) is 17.6 Å². The summed E-state index contributed by atoms with van der Waals surface area (Å²) in [5.74, 6) is 0.0226. The standard InChI is InChI=1S/C9H8N2O3S/c12-8-2-4-9(5-3-8)15(13,14)11-7-1-6-10-11/h1-7,12H. The Labute approximate surface area is 86.7 Å². The molecule has 0 aliphatic heterocycles. The highest BCUT2D eigenvalue weighted by Crippen LogP contribution is 2.16. The molecule has 1 N–H and O–H groups in total. The number of phenolic OH excluding ortho intramolecular Hbond substituents is 1. The van der Waals surface area contributed by atoms with Crippen LogP contribution in [0.5, 0.6) is 5.75 Å². The molecule has 0 saturated carbocycles. The topological polar surface area (TPSA) is 72.2 Å². The molecule has 0 radical (unpaired) electrons. The van der Waals surface area contributed by atoms with Crippen molar-refractivity contribution >= 4 is 10.0 Å². The normalized spacial score (nSPS) is 11.5. The van der Waals surface area contributed by atoms with Crippen molar-refractivity contribution in [2.45, 2.75) is 4.90 Å². The summed E-state index contributed by atoms with van der Waals surface area (Å²) in [6, 6.07) is 6.81. The third-order valence-electron chi connectivity index (χ3n) is 1.86. The van der Waals surface area contributed by atoms with Gasteiger partial charge in [0.1, 0.15) is 5.75 Å². The van der Waals surface area contributed by atoms with Gasteiger partial charge in [0, 0.05) is 6.20 Å². The van der Waals surface area contributed by atoms with E-state index < -0.39 is 10.0 Å². The first kappa shape index (κ1) is 9.72. The predicted molar refractivity (Wildman–Crippen MR) is 52.9 cm³/mol. The van der Waals surface area contributed by atoms with Gasteiger partial charge >= 0.3 is 0 Å². The quantitative estimate of drug-likeness (QED) is 0.819. The fourth-order valence-corrected chi connectivity index (χ4v) is 2.23. The molecule has 0 aliphatic rings. The van der Waals surface area contributed by atoms with Crippen molar-refractivity contribution < 1.29 is 13.5 Å². The smallest absolute Gasteiger partial charge is 0.282 e. The maximum atomic E-state index is 11.8. The zero-order valence-corrected chi connectivity index (χ0v) is 8.42. The lowest BCUT2D eigenvalue weighted by Gasteiger charge is -2.03. The molecule has 0 bridgehead atoms. The number of aromatic nitrogens is 2. The molecule has 0 atom stereocenters. The largest absolute Gasteiger partial charge is 0.508 e. The molecule has 1 heterocycles. The first-order chi connectivity index (χ1) is 7.10. The number of benzene rings is 1. The predicted octanol–water partition coefficient (Wildman–Crippen LogP) is 0.826. The number of hydrogen-bond donors (Lipinski definition) is 1. The first-order valence-electron chi connectivity index (χ1n) is 4.15. The Morgan fingerprint density at radius 1 is 1.20 bits per heavy atom. The van der Waals surface area contributed by atoms with Crippen LogP contribution in [-0.2, 0) is 10.0 Å². The van der Waals surface area contributed by atoms with Gasteiger partial charge in [0.05, 0.1) is 11.1 Å². The minimum Gasteiger partial charge on any atom is -0.508 e. The van der Waals surface area contributed by atoms with Crippen LogP contribution >= 0.6 is 0 Å². The van der Waals surface area contributed by atoms with Gasteiger partial charge in [-0.25, -0.2) is 0 Å². The zero-order chi connectivity index (χ0) is 10.9. The maximum absolute atomic E-state index is 11.8. The molecule has 5 nitrogen and oxygen atoms in total. The Morgan fingerprint density at radius 3 is 2.40 bits per heavy atom. The number of rotatable bonds is 2. The molecule has 0 aliphatic carbocycles. The molecule has 6 heteroatoms. The SMILES string of the molecule is O=S(=O)(c1ccc(O)cc1)n1cccn1. The summed E-state index contributed by atoms with van der Waals surface area (Å²) in [4.78, 5) is 0.0870. The second-order valence-corrected chi connectivity index (χ2v) is 4.67. The number of phenols is 1. The number of aromatic hydroxyl groups is 1. The number of nitrogens with zero attached hydrogens (tertiary/aromatic N) is 2. The number of hydrogen-bond acceptors (Lipinski definition) is 4. The highest BCUT2D eigenvalue weighted by atomic mass is 32.2.